The highest BCUT2D eigenvalue weighted by Gasteiger charge is 2.24. The summed E-state index contributed by atoms with van der Waals surface area (Å²) in [4.78, 5) is 1.15. The smallest absolute Gasteiger partial charge is 0.102 e. The van der Waals surface area contributed by atoms with E-state index < -0.39 is 5.60 Å². The lowest BCUT2D eigenvalue weighted by molar-refractivity contribution is 0.0566. The van der Waals surface area contributed by atoms with Crippen LogP contribution < -0.4 is 5.32 Å². The van der Waals surface area contributed by atoms with Gasteiger partial charge in [-0.25, -0.2) is 0 Å². The van der Waals surface area contributed by atoms with Crippen LogP contribution in [0.15, 0.2) is 24.5 Å². The summed E-state index contributed by atoms with van der Waals surface area (Å²) in [6, 6.07) is 3.86. The summed E-state index contributed by atoms with van der Waals surface area (Å²) >= 11 is 7.40. The van der Waals surface area contributed by atoms with Crippen molar-refractivity contribution in [2.24, 2.45) is 7.05 Å². The SMILES string of the molecule is Cn1cc(C(C)(O)CNCc2ccc(Cl)s2)cn1. The fourth-order valence-corrected chi connectivity index (χ4v) is 2.73. The number of nitrogens with zero attached hydrogens (tertiary/aromatic N) is 2. The van der Waals surface area contributed by atoms with Crippen LogP contribution in [0.4, 0.5) is 0 Å². The van der Waals surface area contributed by atoms with Gasteiger partial charge < -0.3 is 10.4 Å². The molecule has 0 fully saturated rings. The summed E-state index contributed by atoms with van der Waals surface area (Å²) in [5.41, 5.74) is -0.114. The lowest BCUT2D eigenvalue weighted by atomic mass is 10.00. The number of thiophene rings is 1. The molecule has 1 atom stereocenters. The van der Waals surface area contributed by atoms with E-state index in [1.165, 1.54) is 0 Å². The van der Waals surface area contributed by atoms with Crippen LogP contribution in [0.2, 0.25) is 4.34 Å². The van der Waals surface area contributed by atoms with E-state index in [0.717, 1.165) is 14.8 Å². The van der Waals surface area contributed by atoms with E-state index in [-0.39, 0.29) is 0 Å². The first-order valence-corrected chi connectivity index (χ1v) is 6.83. The Labute approximate surface area is 115 Å². The zero-order valence-corrected chi connectivity index (χ0v) is 11.9. The van der Waals surface area contributed by atoms with Crippen LogP contribution in [0, 0.1) is 0 Å². The molecule has 6 heteroatoms. The van der Waals surface area contributed by atoms with Crippen molar-refractivity contribution in [3.8, 4) is 0 Å². The second kappa shape index (κ2) is 5.40. The van der Waals surface area contributed by atoms with E-state index in [1.807, 2.05) is 25.4 Å². The molecule has 2 rings (SSSR count). The van der Waals surface area contributed by atoms with Crippen LogP contribution in [0.3, 0.4) is 0 Å². The number of aromatic nitrogens is 2. The van der Waals surface area contributed by atoms with Crippen molar-refractivity contribution in [2.45, 2.75) is 19.1 Å². The second-order valence-corrected chi connectivity index (χ2v) is 6.29. The Morgan fingerprint density at radius 3 is 2.89 bits per heavy atom. The summed E-state index contributed by atoms with van der Waals surface area (Å²) in [7, 11) is 1.83. The Morgan fingerprint density at radius 2 is 2.33 bits per heavy atom. The number of hydrogen-bond donors (Lipinski definition) is 2. The second-order valence-electron chi connectivity index (χ2n) is 4.49. The van der Waals surface area contributed by atoms with Gasteiger partial charge in [0.1, 0.15) is 5.60 Å². The largest absolute Gasteiger partial charge is 0.384 e. The van der Waals surface area contributed by atoms with Gasteiger partial charge in [0.05, 0.1) is 10.5 Å². The normalized spacial score (nSPS) is 14.7. The lowest BCUT2D eigenvalue weighted by Gasteiger charge is -2.22. The van der Waals surface area contributed by atoms with Gasteiger partial charge >= 0.3 is 0 Å². The Bertz CT molecular complexity index is 521. The highest BCUT2D eigenvalue weighted by atomic mass is 35.5. The molecular weight excluding hydrogens is 270 g/mol. The van der Waals surface area contributed by atoms with Crippen LogP contribution in [-0.4, -0.2) is 21.4 Å². The molecule has 0 aliphatic heterocycles. The van der Waals surface area contributed by atoms with Crippen LogP contribution in [0.25, 0.3) is 0 Å². The molecule has 18 heavy (non-hydrogen) atoms. The molecule has 2 N–H and O–H groups in total. The molecule has 0 aliphatic carbocycles. The van der Waals surface area contributed by atoms with Crippen LogP contribution in [-0.2, 0) is 19.2 Å². The van der Waals surface area contributed by atoms with Crippen molar-refractivity contribution in [1.82, 2.24) is 15.1 Å². The number of nitrogens with one attached hydrogen (secondary N) is 1. The van der Waals surface area contributed by atoms with Gasteiger partial charge in [-0.3, -0.25) is 4.68 Å². The zero-order valence-electron chi connectivity index (χ0n) is 10.4. The molecule has 0 spiro atoms. The molecule has 0 aromatic carbocycles. The average molecular weight is 286 g/mol. The molecular formula is C12H16ClN3OS. The van der Waals surface area contributed by atoms with Crippen molar-refractivity contribution in [1.29, 1.82) is 0 Å². The van der Waals surface area contributed by atoms with Crippen LogP contribution in [0.1, 0.15) is 17.4 Å². The first kappa shape index (κ1) is 13.5. The van der Waals surface area contributed by atoms with Gasteiger partial charge in [-0.15, -0.1) is 11.3 Å². The molecule has 2 heterocycles. The van der Waals surface area contributed by atoms with Gasteiger partial charge in [-0.05, 0) is 19.1 Å². The molecule has 0 radical (unpaired) electrons. The number of rotatable bonds is 5. The number of aryl methyl sites for hydroxylation is 1. The Kier molecular flexibility index (Phi) is 4.07. The molecule has 0 saturated heterocycles. The third kappa shape index (κ3) is 3.32. The predicted molar refractivity (Wildman–Crippen MR) is 73.8 cm³/mol. The summed E-state index contributed by atoms with van der Waals surface area (Å²) in [6.07, 6.45) is 3.51. The molecule has 98 valence electrons. The molecule has 2 aromatic rings. The first-order chi connectivity index (χ1) is 8.47. The Balaban J connectivity index is 1.89. The van der Waals surface area contributed by atoms with Gasteiger partial charge in [-0.2, -0.15) is 5.10 Å². The fraction of sp³-hybridized carbons (Fsp3) is 0.417. The van der Waals surface area contributed by atoms with E-state index in [2.05, 4.69) is 10.4 Å². The van der Waals surface area contributed by atoms with Crippen molar-refractivity contribution < 1.29 is 5.11 Å². The minimum Gasteiger partial charge on any atom is -0.384 e. The maximum Gasteiger partial charge on any atom is 0.102 e. The molecule has 0 bridgehead atoms. The minimum atomic E-state index is -0.921. The van der Waals surface area contributed by atoms with Crippen LogP contribution in [0.5, 0.6) is 0 Å². The molecule has 0 saturated carbocycles. The molecule has 4 nitrogen and oxygen atoms in total. The number of hydrogen-bond acceptors (Lipinski definition) is 4. The summed E-state index contributed by atoms with van der Waals surface area (Å²) in [6.45, 7) is 2.94. The van der Waals surface area contributed by atoms with Crippen molar-refractivity contribution >= 4 is 22.9 Å². The molecule has 0 amide bonds. The first-order valence-electron chi connectivity index (χ1n) is 5.64. The fourth-order valence-electron chi connectivity index (χ4n) is 1.68. The highest BCUT2D eigenvalue weighted by Crippen LogP contribution is 2.22. The standard InChI is InChI=1S/C12H16ClN3OS/c1-12(17,9-5-15-16(2)7-9)8-14-6-10-3-4-11(13)18-10/h3-5,7,14,17H,6,8H2,1-2H3. The maximum atomic E-state index is 10.3. The van der Waals surface area contributed by atoms with E-state index in [1.54, 1.807) is 29.1 Å². The van der Waals surface area contributed by atoms with Gasteiger partial charge in [0.25, 0.3) is 0 Å². The Morgan fingerprint density at radius 1 is 1.56 bits per heavy atom. The summed E-state index contributed by atoms with van der Waals surface area (Å²) in [5.74, 6) is 0. The minimum absolute atomic E-state index is 0.466. The van der Waals surface area contributed by atoms with Gasteiger partial charge in [0.15, 0.2) is 0 Å². The zero-order chi connectivity index (χ0) is 13.2. The number of halogens is 1. The van der Waals surface area contributed by atoms with Gasteiger partial charge in [-0.1, -0.05) is 11.6 Å². The predicted octanol–water partition coefficient (Wildman–Crippen LogP) is 2.13. The van der Waals surface area contributed by atoms with E-state index >= 15 is 0 Å². The summed E-state index contributed by atoms with van der Waals surface area (Å²) in [5, 5.41) is 17.6. The highest BCUT2D eigenvalue weighted by molar-refractivity contribution is 7.16. The van der Waals surface area contributed by atoms with E-state index in [0.29, 0.717) is 13.1 Å². The maximum absolute atomic E-state index is 10.3. The third-order valence-electron chi connectivity index (χ3n) is 2.72. The van der Waals surface area contributed by atoms with Crippen LogP contribution >= 0.6 is 22.9 Å². The van der Waals surface area contributed by atoms with Gasteiger partial charge in [0, 0.05) is 36.8 Å². The molecule has 0 aliphatic rings. The quantitative estimate of drug-likeness (QED) is 0.885. The Hall–Kier alpha value is -0.880. The third-order valence-corrected chi connectivity index (χ3v) is 3.96. The average Bonchev–Trinajstić information content (AvgIpc) is 2.88. The topological polar surface area (TPSA) is 50.1 Å². The summed E-state index contributed by atoms with van der Waals surface area (Å²) < 4.78 is 2.47. The van der Waals surface area contributed by atoms with E-state index in [4.69, 9.17) is 11.6 Å². The monoisotopic (exact) mass is 285 g/mol. The van der Waals surface area contributed by atoms with Gasteiger partial charge in [0.2, 0.25) is 0 Å². The molecule has 1 unspecified atom stereocenters. The lowest BCUT2D eigenvalue weighted by Crippen LogP contribution is -2.34. The number of aliphatic hydroxyl groups is 1. The van der Waals surface area contributed by atoms with Crippen molar-refractivity contribution in [3.05, 3.63) is 39.3 Å². The molecule has 2 aromatic heterocycles. The van der Waals surface area contributed by atoms with Crippen molar-refractivity contribution in [2.75, 3.05) is 6.54 Å². The van der Waals surface area contributed by atoms with Crippen molar-refractivity contribution in [3.63, 3.8) is 0 Å². The van der Waals surface area contributed by atoms with E-state index in [9.17, 15) is 5.11 Å².